The molecular weight excluding hydrogens is 637 g/mol. The molecule has 0 saturated heterocycles. The van der Waals surface area contributed by atoms with Crippen LogP contribution in [0.5, 0.6) is 0 Å². The third-order valence-electron chi connectivity index (χ3n) is 9.33. The molecule has 0 aliphatic heterocycles. The predicted molar refractivity (Wildman–Crippen MR) is 217 cm³/mol. The number of hydrogen-bond acceptors (Lipinski definition) is 3. The van der Waals surface area contributed by atoms with Gasteiger partial charge in [0.05, 0.1) is 0 Å². The maximum absolute atomic E-state index is 3.08. The van der Waals surface area contributed by atoms with Crippen LogP contribution in [0.1, 0.15) is 0 Å². The van der Waals surface area contributed by atoms with Crippen LogP contribution in [0.4, 0.5) is 34.1 Å². The largest absolute Gasteiger partial charge is 0.310 e. The molecule has 0 radical (unpaired) electrons. The Morgan fingerprint density at radius 3 is 1.22 bits per heavy atom. The summed E-state index contributed by atoms with van der Waals surface area (Å²) >= 11 is 1.84. The molecule has 0 N–H and O–H groups in total. The van der Waals surface area contributed by atoms with E-state index in [-0.39, 0.29) is 0 Å². The Hall–Kier alpha value is -6.60. The van der Waals surface area contributed by atoms with Crippen LogP contribution in [0.15, 0.2) is 194 Å². The number of hydrogen-bond donors (Lipinski definition) is 0. The van der Waals surface area contributed by atoms with Gasteiger partial charge in [-0.3, -0.25) is 0 Å². The molecule has 0 fully saturated rings. The van der Waals surface area contributed by atoms with Gasteiger partial charge in [0, 0.05) is 54.3 Å². The third-order valence-corrected chi connectivity index (χ3v) is 10.5. The Balaban J connectivity index is 1.14. The van der Waals surface area contributed by atoms with Crippen molar-refractivity contribution in [1.82, 2.24) is 0 Å². The van der Waals surface area contributed by atoms with Crippen LogP contribution in [-0.4, -0.2) is 0 Å². The fraction of sp³-hybridized carbons (Fsp3) is 0. The van der Waals surface area contributed by atoms with E-state index in [0.717, 1.165) is 45.3 Å². The molecule has 9 aromatic rings. The summed E-state index contributed by atoms with van der Waals surface area (Å²) in [6.45, 7) is 0. The zero-order chi connectivity index (χ0) is 34.0. The lowest BCUT2D eigenvalue weighted by Gasteiger charge is -2.26. The van der Waals surface area contributed by atoms with E-state index in [1.807, 2.05) is 23.5 Å². The topological polar surface area (TPSA) is 6.48 Å². The van der Waals surface area contributed by atoms with Crippen molar-refractivity contribution in [3.05, 3.63) is 206 Å². The van der Waals surface area contributed by atoms with Gasteiger partial charge in [-0.25, -0.2) is 0 Å². The molecule has 2 nitrogen and oxygen atoms in total. The van der Waals surface area contributed by atoms with Crippen molar-refractivity contribution in [2.45, 2.75) is 0 Å². The average Bonchev–Trinajstić information content (AvgIpc) is 3.58. The second-order valence-electron chi connectivity index (χ2n) is 12.5. The summed E-state index contributed by atoms with van der Waals surface area (Å²) in [4.78, 5) is 4.69. The van der Waals surface area contributed by atoms with Crippen molar-refractivity contribution in [3.63, 3.8) is 0 Å². The van der Waals surface area contributed by atoms with Gasteiger partial charge in [-0.05, 0) is 125 Å². The smallest absolute Gasteiger partial charge is 0.0468 e. The van der Waals surface area contributed by atoms with Crippen molar-refractivity contribution >= 4 is 65.6 Å². The van der Waals surface area contributed by atoms with Gasteiger partial charge >= 0.3 is 0 Å². The zero-order valence-electron chi connectivity index (χ0n) is 27.8. The van der Waals surface area contributed by atoms with Gasteiger partial charge in [-0.15, -0.1) is 11.3 Å². The van der Waals surface area contributed by atoms with Crippen LogP contribution in [0, 0.1) is 12.1 Å². The Kier molecular flexibility index (Phi) is 7.98. The Labute approximate surface area is 302 Å². The number of thiophene rings is 1. The Bertz CT molecular complexity index is 2360. The van der Waals surface area contributed by atoms with Gasteiger partial charge in [-0.1, -0.05) is 103 Å². The highest BCUT2D eigenvalue weighted by Gasteiger charge is 2.18. The first kappa shape index (κ1) is 30.5. The van der Waals surface area contributed by atoms with Gasteiger partial charge < -0.3 is 9.80 Å². The quantitative estimate of drug-likeness (QED) is 0.159. The highest BCUT2D eigenvalue weighted by molar-refractivity contribution is 7.25. The van der Waals surface area contributed by atoms with Gasteiger partial charge in [0.1, 0.15) is 0 Å². The first-order chi connectivity index (χ1) is 25.3. The maximum atomic E-state index is 3.08. The lowest BCUT2D eigenvalue weighted by Crippen LogP contribution is -2.10. The molecule has 1 aromatic heterocycles. The molecule has 240 valence electrons. The summed E-state index contributed by atoms with van der Waals surface area (Å²) in [7, 11) is 0. The molecule has 0 saturated carbocycles. The standard InChI is InChI=1S/C48H32N2S/c1-5-13-35(14-6-1)37-21-25-41(26-22-37)49(39-17-9-3-10-18-39)43-29-31-47-45(33-43)46-34-44(30-32-48(46)51-47)50(40-19-11-4-12-20-40)42-27-23-38(24-28-42)36-15-7-2-8-16-36/h1,3-7,9-34H. The molecule has 0 aliphatic rings. The minimum Gasteiger partial charge on any atom is -0.310 e. The number of benzene rings is 7. The molecule has 51 heavy (non-hydrogen) atoms. The van der Waals surface area contributed by atoms with E-state index in [1.54, 1.807) is 0 Å². The Morgan fingerprint density at radius 1 is 0.333 bits per heavy atom. The fourth-order valence-corrected chi connectivity index (χ4v) is 7.91. The van der Waals surface area contributed by atoms with E-state index >= 15 is 0 Å². The van der Waals surface area contributed by atoms with Crippen molar-refractivity contribution in [2.24, 2.45) is 0 Å². The second kappa shape index (κ2) is 13.4. The molecular formula is C48H32N2S. The SMILES string of the molecule is c1ccc(-c2ccc(N(c3ccccc3)c3ccc4sc5ccc(N(c6ccccc6)c6ccc(-c7ccccc7)cc6)cc5c4c3)cc2)cc#1. The molecule has 1 heterocycles. The van der Waals surface area contributed by atoms with E-state index in [1.165, 1.54) is 31.3 Å². The van der Waals surface area contributed by atoms with E-state index in [0.29, 0.717) is 0 Å². The molecule has 0 unspecified atom stereocenters. The van der Waals surface area contributed by atoms with E-state index in [4.69, 9.17) is 0 Å². The molecule has 0 atom stereocenters. The number of rotatable bonds is 8. The number of anilines is 6. The molecule has 0 bridgehead atoms. The summed E-state index contributed by atoms with van der Waals surface area (Å²) in [6.07, 6.45) is 0. The number of nitrogens with zero attached hydrogens (tertiary/aromatic N) is 2. The highest BCUT2D eigenvalue weighted by Crippen LogP contribution is 2.44. The fourth-order valence-electron chi connectivity index (χ4n) is 6.84. The van der Waals surface area contributed by atoms with Gasteiger partial charge in [0.15, 0.2) is 0 Å². The minimum absolute atomic E-state index is 1.10. The molecule has 0 amide bonds. The molecule has 3 heteroatoms. The van der Waals surface area contributed by atoms with Crippen LogP contribution in [0.2, 0.25) is 0 Å². The molecule has 0 spiro atoms. The van der Waals surface area contributed by atoms with Gasteiger partial charge in [0.25, 0.3) is 0 Å². The van der Waals surface area contributed by atoms with Crippen LogP contribution in [0.25, 0.3) is 42.4 Å². The van der Waals surface area contributed by atoms with E-state index in [9.17, 15) is 0 Å². The number of fused-ring (bicyclic) bond motifs is 3. The predicted octanol–water partition coefficient (Wildman–Crippen LogP) is 13.9. The van der Waals surface area contributed by atoms with Crippen molar-refractivity contribution in [2.75, 3.05) is 9.80 Å². The van der Waals surface area contributed by atoms with Crippen molar-refractivity contribution in [1.29, 1.82) is 0 Å². The summed E-state index contributed by atoms with van der Waals surface area (Å²) in [5.74, 6) is 0. The lowest BCUT2D eigenvalue weighted by atomic mass is 10.0. The van der Waals surface area contributed by atoms with Crippen LogP contribution in [0.3, 0.4) is 0 Å². The average molecular weight is 669 g/mol. The van der Waals surface area contributed by atoms with Crippen molar-refractivity contribution in [3.8, 4) is 22.3 Å². The number of para-hydroxylation sites is 2. The van der Waals surface area contributed by atoms with Crippen molar-refractivity contribution < 1.29 is 0 Å². The monoisotopic (exact) mass is 668 g/mol. The summed E-state index contributed by atoms with van der Waals surface area (Å²) in [5, 5.41) is 2.49. The maximum Gasteiger partial charge on any atom is 0.0468 e. The second-order valence-corrected chi connectivity index (χ2v) is 13.6. The third kappa shape index (κ3) is 5.99. The Morgan fingerprint density at radius 2 is 0.745 bits per heavy atom. The van der Waals surface area contributed by atoms with Crippen LogP contribution < -0.4 is 9.80 Å². The lowest BCUT2D eigenvalue weighted by molar-refractivity contribution is 1.29. The normalized spacial score (nSPS) is 11.0. The summed E-state index contributed by atoms with van der Waals surface area (Å²) < 4.78 is 2.54. The minimum atomic E-state index is 1.10. The van der Waals surface area contributed by atoms with Gasteiger partial charge in [0.2, 0.25) is 0 Å². The van der Waals surface area contributed by atoms with Gasteiger partial charge in [-0.2, -0.15) is 0 Å². The highest BCUT2D eigenvalue weighted by atomic mass is 32.1. The summed E-state index contributed by atoms with van der Waals surface area (Å²) in [5.41, 5.74) is 11.4. The molecule has 9 rings (SSSR count). The zero-order valence-corrected chi connectivity index (χ0v) is 28.6. The molecule has 0 aliphatic carbocycles. The first-order valence-electron chi connectivity index (χ1n) is 17.1. The van der Waals surface area contributed by atoms with E-state index < -0.39 is 0 Å². The van der Waals surface area contributed by atoms with Crippen LogP contribution >= 0.6 is 11.3 Å². The van der Waals surface area contributed by atoms with E-state index in [2.05, 4.69) is 204 Å². The molecule has 8 aromatic carbocycles. The van der Waals surface area contributed by atoms with Crippen LogP contribution in [-0.2, 0) is 0 Å². The summed E-state index contributed by atoms with van der Waals surface area (Å²) in [6, 6.07) is 75.2. The first-order valence-corrected chi connectivity index (χ1v) is 17.9.